The average Bonchev–Trinajstić information content (AvgIpc) is 2.95. The minimum absolute atomic E-state index is 0.932. The van der Waals surface area contributed by atoms with Crippen LogP contribution >= 0.6 is 94.0 Å². The summed E-state index contributed by atoms with van der Waals surface area (Å²) in [5, 5.41) is 0. The topological polar surface area (TPSA) is 13.0 Å². The third-order valence-electron chi connectivity index (χ3n) is 6.72. The van der Waals surface area contributed by atoms with E-state index in [0.29, 0.717) is 0 Å². The summed E-state index contributed by atoms with van der Waals surface area (Å²) in [6.45, 7) is 12.1. The molecule has 0 amide bonds. The molecule has 4 nitrogen and oxygen atoms in total. The van der Waals surface area contributed by atoms with Gasteiger partial charge >= 0.3 is 0 Å². The first kappa shape index (κ1) is 35.2. The van der Waals surface area contributed by atoms with Gasteiger partial charge in [-0.2, -0.15) is 0 Å². The van der Waals surface area contributed by atoms with Crippen LogP contribution in [0.1, 0.15) is 78.1 Å². The van der Waals surface area contributed by atoms with Crippen molar-refractivity contribution in [1.82, 2.24) is 19.6 Å². The van der Waals surface area contributed by atoms with Gasteiger partial charge in [-0.05, 0) is 34.4 Å². The molecule has 0 spiro atoms. The summed E-state index contributed by atoms with van der Waals surface area (Å²) in [6, 6.07) is 0. The number of nitrogens with zero attached hydrogens (tertiary/aromatic N) is 4. The standard InChI is InChI=1S/C26H46N4S8/c1-3-5-7-9-11-21-35-23(31)27-13-17-29(18-14-27)25(33)37-38-26(34)30-19-15-28(16-20-30)24(32)36-22-12-10-8-6-4-2/h3-22H2,1-2H3. The Hall–Kier alpha value is 0.960. The lowest BCUT2D eigenvalue weighted by Crippen LogP contribution is -2.49. The van der Waals surface area contributed by atoms with Gasteiger partial charge in [0.15, 0.2) is 0 Å². The highest BCUT2D eigenvalue weighted by Crippen LogP contribution is 2.30. The highest BCUT2D eigenvalue weighted by atomic mass is 33.1. The molecule has 2 fully saturated rings. The van der Waals surface area contributed by atoms with Gasteiger partial charge in [0.05, 0.1) is 0 Å². The van der Waals surface area contributed by atoms with E-state index < -0.39 is 0 Å². The second kappa shape index (κ2) is 21.6. The second-order valence-corrected chi connectivity index (χ2v) is 16.6. The molecule has 12 heteroatoms. The molecule has 2 aliphatic heterocycles. The molecule has 2 saturated heterocycles. The van der Waals surface area contributed by atoms with Crippen LogP contribution in [0.3, 0.4) is 0 Å². The Morgan fingerprint density at radius 3 is 1.05 bits per heavy atom. The van der Waals surface area contributed by atoms with E-state index in [1.807, 2.05) is 23.5 Å². The fourth-order valence-corrected chi connectivity index (χ4v) is 9.63. The van der Waals surface area contributed by atoms with Crippen LogP contribution in [0, 0.1) is 0 Å². The van der Waals surface area contributed by atoms with Crippen molar-refractivity contribution in [2.24, 2.45) is 0 Å². The molecule has 0 unspecified atom stereocenters. The van der Waals surface area contributed by atoms with Gasteiger partial charge in [0, 0.05) is 63.9 Å². The summed E-state index contributed by atoms with van der Waals surface area (Å²) >= 11 is 26.6. The Morgan fingerprint density at radius 1 is 0.447 bits per heavy atom. The van der Waals surface area contributed by atoms with Gasteiger partial charge in [-0.1, -0.05) is 138 Å². The molecule has 38 heavy (non-hydrogen) atoms. The summed E-state index contributed by atoms with van der Waals surface area (Å²) < 4.78 is 3.97. The number of unbranched alkanes of at least 4 members (excludes halogenated alkanes) is 8. The molecule has 2 rings (SSSR count). The highest BCUT2D eigenvalue weighted by Gasteiger charge is 2.24. The van der Waals surface area contributed by atoms with E-state index in [2.05, 4.69) is 33.4 Å². The summed E-state index contributed by atoms with van der Waals surface area (Å²) in [7, 11) is 3.27. The van der Waals surface area contributed by atoms with Gasteiger partial charge in [-0.15, -0.1) is 0 Å². The van der Waals surface area contributed by atoms with Gasteiger partial charge in [0.1, 0.15) is 17.3 Å². The molecule has 0 aromatic heterocycles. The Labute approximate surface area is 270 Å². The van der Waals surface area contributed by atoms with E-state index in [1.54, 1.807) is 21.6 Å². The van der Waals surface area contributed by atoms with Crippen LogP contribution in [-0.2, 0) is 0 Å². The molecule has 0 aliphatic carbocycles. The quantitative estimate of drug-likeness (QED) is 0.113. The molecular formula is C26H46N4S8. The molecule has 0 atom stereocenters. The van der Waals surface area contributed by atoms with Crippen LogP contribution in [0.5, 0.6) is 0 Å². The van der Waals surface area contributed by atoms with E-state index in [1.165, 1.54) is 64.2 Å². The normalized spacial score (nSPS) is 16.2. The van der Waals surface area contributed by atoms with Gasteiger partial charge in [-0.25, -0.2) is 0 Å². The van der Waals surface area contributed by atoms with Crippen molar-refractivity contribution in [3.05, 3.63) is 0 Å². The van der Waals surface area contributed by atoms with Crippen LogP contribution in [0.4, 0.5) is 0 Å². The van der Waals surface area contributed by atoms with Crippen LogP contribution in [0.25, 0.3) is 0 Å². The van der Waals surface area contributed by atoms with Gasteiger partial charge < -0.3 is 19.6 Å². The number of thiocarbonyl (C=S) groups is 4. The number of piperazine rings is 2. The maximum atomic E-state index is 5.75. The van der Waals surface area contributed by atoms with E-state index >= 15 is 0 Å². The Bertz CT molecular complexity index is 662. The van der Waals surface area contributed by atoms with Crippen LogP contribution in [0.2, 0.25) is 0 Å². The Morgan fingerprint density at radius 2 is 0.737 bits per heavy atom. The van der Waals surface area contributed by atoms with E-state index in [-0.39, 0.29) is 0 Å². The molecule has 0 saturated carbocycles. The van der Waals surface area contributed by atoms with Crippen LogP contribution in [-0.4, -0.2) is 101 Å². The minimum Gasteiger partial charge on any atom is -0.354 e. The molecule has 0 bridgehead atoms. The predicted octanol–water partition coefficient (Wildman–Crippen LogP) is 8.15. The number of hydrogen-bond acceptors (Lipinski definition) is 8. The molecule has 2 aliphatic rings. The lowest BCUT2D eigenvalue weighted by atomic mass is 10.2. The monoisotopic (exact) mass is 670 g/mol. The van der Waals surface area contributed by atoms with Gasteiger partial charge in [-0.3, -0.25) is 0 Å². The average molecular weight is 671 g/mol. The molecular weight excluding hydrogens is 625 g/mol. The summed E-state index contributed by atoms with van der Waals surface area (Å²) in [6.07, 6.45) is 13.2. The van der Waals surface area contributed by atoms with Crippen molar-refractivity contribution < 1.29 is 0 Å². The summed E-state index contributed by atoms with van der Waals surface area (Å²) in [4.78, 5) is 9.31. The Balaban J connectivity index is 1.56. The van der Waals surface area contributed by atoms with Crippen molar-refractivity contribution in [1.29, 1.82) is 0 Å². The van der Waals surface area contributed by atoms with Crippen molar-refractivity contribution in [2.75, 3.05) is 63.9 Å². The van der Waals surface area contributed by atoms with Crippen molar-refractivity contribution in [3.63, 3.8) is 0 Å². The summed E-state index contributed by atoms with van der Waals surface area (Å²) in [5.74, 6) is 2.28. The van der Waals surface area contributed by atoms with Crippen molar-refractivity contribution in [3.8, 4) is 0 Å². The van der Waals surface area contributed by atoms with E-state index in [4.69, 9.17) is 48.9 Å². The van der Waals surface area contributed by atoms with E-state index in [9.17, 15) is 0 Å². The first-order valence-corrected chi connectivity index (χ1v) is 20.0. The van der Waals surface area contributed by atoms with Gasteiger partial charge in [0.2, 0.25) is 0 Å². The first-order valence-electron chi connectivity index (χ1n) is 14.2. The van der Waals surface area contributed by atoms with Crippen LogP contribution in [0.15, 0.2) is 0 Å². The third-order valence-corrected chi connectivity index (χ3v) is 13.7. The largest absolute Gasteiger partial charge is 0.354 e. The maximum Gasteiger partial charge on any atom is 0.147 e. The molecule has 0 aromatic rings. The minimum atomic E-state index is 0.932. The zero-order chi connectivity index (χ0) is 27.6. The van der Waals surface area contributed by atoms with Crippen LogP contribution < -0.4 is 0 Å². The first-order chi connectivity index (χ1) is 18.5. The second-order valence-electron chi connectivity index (χ2n) is 9.70. The van der Waals surface area contributed by atoms with Gasteiger partial charge in [0.25, 0.3) is 0 Å². The lowest BCUT2D eigenvalue weighted by Gasteiger charge is -2.38. The lowest BCUT2D eigenvalue weighted by molar-refractivity contribution is 0.271. The predicted molar refractivity (Wildman–Crippen MR) is 194 cm³/mol. The SMILES string of the molecule is CCCCCCCSC(=S)N1CCN(C(=S)SSC(=S)N2CCN(C(=S)SCCCCCCC)CC2)CC1. The van der Waals surface area contributed by atoms with E-state index in [0.717, 1.165) is 81.1 Å². The molecule has 0 radical (unpaired) electrons. The molecule has 2 heterocycles. The smallest absolute Gasteiger partial charge is 0.147 e. The van der Waals surface area contributed by atoms with Crippen molar-refractivity contribution >= 4 is 111 Å². The van der Waals surface area contributed by atoms with Crippen molar-refractivity contribution in [2.45, 2.75) is 78.1 Å². The fourth-order valence-electron chi connectivity index (χ4n) is 4.23. The maximum absolute atomic E-state index is 5.75. The highest BCUT2D eigenvalue weighted by molar-refractivity contribution is 8.89. The number of thioether (sulfide) groups is 2. The zero-order valence-corrected chi connectivity index (χ0v) is 29.7. The third kappa shape index (κ3) is 14.2. The molecule has 0 aromatic carbocycles. The zero-order valence-electron chi connectivity index (χ0n) is 23.2. The molecule has 0 N–H and O–H groups in total. The number of hydrogen-bond donors (Lipinski definition) is 0. The summed E-state index contributed by atoms with van der Waals surface area (Å²) in [5.41, 5.74) is 0. The molecule has 218 valence electrons. The Kier molecular flexibility index (Phi) is 20.0. The fraction of sp³-hybridized carbons (Fsp3) is 0.846. The number of rotatable bonds is 12.